The zero-order valence-electron chi connectivity index (χ0n) is 27.5. The van der Waals surface area contributed by atoms with E-state index < -0.39 is 23.7 Å². The summed E-state index contributed by atoms with van der Waals surface area (Å²) in [5.41, 5.74) is 12.9. The van der Waals surface area contributed by atoms with Crippen LogP contribution >= 0.6 is 19.8 Å². The third-order valence-electron chi connectivity index (χ3n) is 10.3. The molecule has 4 nitrogen and oxygen atoms in total. The Morgan fingerprint density at radius 1 is 0.417 bits per heavy atom. The fourth-order valence-corrected chi connectivity index (χ4v) is 9.88. The van der Waals surface area contributed by atoms with Gasteiger partial charge in [0.1, 0.15) is 3.92 Å². The Kier molecular flexibility index (Phi) is 7.29. The van der Waals surface area contributed by atoms with E-state index in [0.717, 1.165) is 45.3 Å². The van der Waals surface area contributed by atoms with Crippen molar-refractivity contribution in [2.24, 2.45) is 0 Å². The Morgan fingerprint density at radius 2 is 0.688 bits per heavy atom. The second-order valence-corrected chi connectivity index (χ2v) is 16.4. The van der Waals surface area contributed by atoms with Crippen molar-refractivity contribution in [3.05, 3.63) is 179 Å². The number of benzene rings is 6. The molecule has 0 saturated heterocycles. The monoisotopic (exact) mass is 740 g/mol. The smallest absolute Gasteiger partial charge is 0.310 e. The molecule has 8 rings (SSSR count). The van der Waals surface area contributed by atoms with E-state index in [4.69, 9.17) is 0 Å². The summed E-state index contributed by atoms with van der Waals surface area (Å²) in [6.07, 6.45) is 0. The first-order valence-electron chi connectivity index (χ1n) is 16.4. The van der Waals surface area contributed by atoms with E-state index in [1.165, 1.54) is 22.3 Å². The first-order valence-corrected chi connectivity index (χ1v) is 19.4. The number of hydrogen-bond donors (Lipinski definition) is 0. The van der Waals surface area contributed by atoms with Gasteiger partial charge in [-0.25, -0.2) is 6.14 Å². The molecule has 6 aromatic rings. The fraction of sp³-hybridized carbons (Fsp3) is 0.163. The third-order valence-corrected chi connectivity index (χ3v) is 12.8. The van der Waals surface area contributed by atoms with E-state index in [-0.39, 0.29) is 10.8 Å². The third kappa shape index (κ3) is 4.70. The van der Waals surface area contributed by atoms with Crippen LogP contribution in [0.3, 0.4) is 0 Å². The maximum Gasteiger partial charge on any atom is 0.319 e. The molecule has 48 heavy (non-hydrogen) atoms. The minimum Gasteiger partial charge on any atom is -0.310 e. The number of para-hydroxylation sites is 4. The summed E-state index contributed by atoms with van der Waals surface area (Å²) >= 11 is -3.82. The van der Waals surface area contributed by atoms with Gasteiger partial charge in [0.05, 0.1) is 22.7 Å². The largest absolute Gasteiger partial charge is 0.319 e. The van der Waals surface area contributed by atoms with Gasteiger partial charge in [-0.3, -0.25) is 0 Å². The summed E-state index contributed by atoms with van der Waals surface area (Å²) in [4.78, 5) is 4.59. The number of alkyl halides is 1. The SMILES string of the molecule is CC1(C)c2ccccc2N(c2ccc(C(c3ccc(N4c5ccccc5C(C)(C)c5ccccc54)cc3)I(=O)=O)cc2)c2ccccc21. The molecule has 0 unspecified atom stereocenters. The average Bonchev–Trinajstić information content (AvgIpc) is 3.10. The minimum atomic E-state index is -3.82. The lowest BCUT2D eigenvalue weighted by atomic mass is 9.73. The second kappa shape index (κ2) is 11.4. The molecule has 6 aromatic carbocycles. The molecule has 0 spiro atoms. The Balaban J connectivity index is 1.15. The molecule has 238 valence electrons. The van der Waals surface area contributed by atoms with E-state index >= 15 is 0 Å². The van der Waals surface area contributed by atoms with Crippen molar-refractivity contribution in [3.63, 3.8) is 0 Å². The van der Waals surface area contributed by atoms with E-state index in [2.05, 4.69) is 159 Å². The molecule has 0 fully saturated rings. The van der Waals surface area contributed by atoms with Crippen LogP contribution in [-0.2, 0) is 17.0 Å². The summed E-state index contributed by atoms with van der Waals surface area (Å²) < 4.78 is 25.3. The van der Waals surface area contributed by atoms with Crippen LogP contribution in [0.2, 0.25) is 0 Å². The average molecular weight is 741 g/mol. The fourth-order valence-electron chi connectivity index (χ4n) is 7.88. The van der Waals surface area contributed by atoms with Gasteiger partial charge < -0.3 is 9.80 Å². The molecule has 0 radical (unpaired) electrons. The van der Waals surface area contributed by atoms with E-state index in [1.807, 2.05) is 24.3 Å². The van der Waals surface area contributed by atoms with Crippen molar-refractivity contribution in [1.82, 2.24) is 0 Å². The topological polar surface area (TPSA) is 40.6 Å². The van der Waals surface area contributed by atoms with Gasteiger partial charge in [0, 0.05) is 22.2 Å². The summed E-state index contributed by atoms with van der Waals surface area (Å²) in [6.45, 7) is 9.10. The predicted octanol–water partition coefficient (Wildman–Crippen LogP) is 12.2. The zero-order chi connectivity index (χ0) is 33.2. The molecule has 0 N–H and O–H groups in total. The van der Waals surface area contributed by atoms with Gasteiger partial charge in [0.2, 0.25) is 0 Å². The summed E-state index contributed by atoms with van der Waals surface area (Å²) in [7, 11) is 0. The highest BCUT2D eigenvalue weighted by atomic mass is 127. The van der Waals surface area contributed by atoms with Gasteiger partial charge in [-0.05, 0) is 81.9 Å². The van der Waals surface area contributed by atoms with Crippen LogP contribution in [0.25, 0.3) is 0 Å². The Bertz CT molecular complexity index is 1990. The summed E-state index contributed by atoms with van der Waals surface area (Å²) in [5.74, 6) is 0. The molecule has 2 heterocycles. The molecular weight excluding hydrogens is 703 g/mol. The molecule has 0 amide bonds. The highest BCUT2D eigenvalue weighted by molar-refractivity contribution is 14.2. The molecule has 2 aliphatic heterocycles. The van der Waals surface area contributed by atoms with Gasteiger partial charge in [0.25, 0.3) is 0 Å². The van der Waals surface area contributed by atoms with E-state index in [1.54, 1.807) is 0 Å². The van der Waals surface area contributed by atoms with Gasteiger partial charge in [-0.15, -0.1) is 0 Å². The molecule has 0 saturated carbocycles. The molecule has 0 atom stereocenters. The molecular formula is C43H37IN2O2. The number of anilines is 6. The zero-order valence-corrected chi connectivity index (χ0v) is 29.7. The van der Waals surface area contributed by atoms with Crippen LogP contribution in [0, 0.1) is 0 Å². The van der Waals surface area contributed by atoms with Crippen molar-refractivity contribution < 1.29 is 6.14 Å². The first kappa shape index (κ1) is 30.6. The molecule has 0 aromatic heterocycles. The Morgan fingerprint density at radius 3 is 0.958 bits per heavy atom. The lowest BCUT2D eigenvalue weighted by Crippen LogP contribution is -2.30. The van der Waals surface area contributed by atoms with Crippen molar-refractivity contribution in [2.75, 3.05) is 9.80 Å². The Labute approximate surface area is 289 Å². The number of hydrogen-bond acceptors (Lipinski definition) is 4. The lowest BCUT2D eigenvalue weighted by molar-refractivity contribution is 0.608. The Hall–Kier alpha value is -4.75. The first-order chi connectivity index (χ1) is 23.2. The number of halogens is 1. The lowest BCUT2D eigenvalue weighted by Gasteiger charge is -2.42. The van der Waals surface area contributed by atoms with Gasteiger partial charge in [-0.2, -0.15) is 0 Å². The molecule has 0 bridgehead atoms. The maximum atomic E-state index is 13.0. The van der Waals surface area contributed by atoms with Gasteiger partial charge in [-0.1, -0.05) is 125 Å². The molecule has 2 aliphatic rings. The van der Waals surface area contributed by atoms with Crippen LogP contribution in [0.1, 0.15) is 65.0 Å². The number of fused-ring (bicyclic) bond motifs is 4. The van der Waals surface area contributed by atoms with Gasteiger partial charge >= 0.3 is 19.8 Å². The highest BCUT2D eigenvalue weighted by Crippen LogP contribution is 2.53. The number of nitrogens with zero attached hydrogens (tertiary/aromatic N) is 2. The van der Waals surface area contributed by atoms with Crippen molar-refractivity contribution in [1.29, 1.82) is 0 Å². The van der Waals surface area contributed by atoms with Crippen LogP contribution in [0.5, 0.6) is 0 Å². The van der Waals surface area contributed by atoms with Crippen LogP contribution in [0.15, 0.2) is 146 Å². The quantitative estimate of drug-likeness (QED) is 0.130. The van der Waals surface area contributed by atoms with E-state index in [0.29, 0.717) is 0 Å². The minimum absolute atomic E-state index is 0.139. The maximum absolute atomic E-state index is 13.0. The second-order valence-electron chi connectivity index (χ2n) is 13.8. The predicted molar refractivity (Wildman–Crippen MR) is 204 cm³/mol. The molecule has 5 heteroatoms. The molecule has 0 aliphatic carbocycles. The van der Waals surface area contributed by atoms with Crippen molar-refractivity contribution in [3.8, 4) is 0 Å². The van der Waals surface area contributed by atoms with Crippen molar-refractivity contribution in [2.45, 2.75) is 42.4 Å². The van der Waals surface area contributed by atoms with Crippen molar-refractivity contribution >= 4 is 53.9 Å². The van der Waals surface area contributed by atoms with Gasteiger partial charge in [0.15, 0.2) is 0 Å². The highest BCUT2D eigenvalue weighted by Gasteiger charge is 2.38. The van der Waals surface area contributed by atoms with Crippen LogP contribution in [-0.4, -0.2) is 0 Å². The van der Waals surface area contributed by atoms with Crippen LogP contribution < -0.4 is 9.80 Å². The van der Waals surface area contributed by atoms with Crippen LogP contribution in [0.4, 0.5) is 34.1 Å². The number of rotatable bonds is 5. The van der Waals surface area contributed by atoms with E-state index in [9.17, 15) is 6.14 Å². The summed E-state index contributed by atoms with van der Waals surface area (Å²) in [6, 6.07) is 50.4. The normalized spacial score (nSPS) is 15.5. The summed E-state index contributed by atoms with van der Waals surface area (Å²) in [5, 5.41) is 0. The standard InChI is InChI=1S/C43H37IN2O2/c1-42(2)33-13-5-9-17-37(33)45(38-18-10-6-14-34(38)42)31-25-21-29(22-26-31)41(44(47)48)30-23-27-32(28-24-30)46-39-19-11-7-15-35(39)43(3,4)36-16-8-12-20-40(36)46/h5-28,41H,1-4H3.